The number of carbonyl (C=O) groups is 2. The number of carbonyl (C=O) groups excluding carboxylic acids is 1. The van der Waals surface area contributed by atoms with E-state index in [1.54, 1.807) is 6.92 Å². The minimum absolute atomic E-state index is 0.154. The number of nitrogens with two attached hydrogens (primary N) is 1. The molecule has 5 N–H and O–H groups in total. The molecule has 0 radical (unpaired) electrons. The maximum absolute atomic E-state index is 11.8. The molecule has 0 aromatic heterocycles. The summed E-state index contributed by atoms with van der Waals surface area (Å²) in [7, 11) is -1.37. The van der Waals surface area contributed by atoms with Gasteiger partial charge in [0.2, 0.25) is 5.91 Å². The fraction of sp³-hybridized carbons (Fsp3) is 0.818. The second-order valence-electron chi connectivity index (χ2n) is 5.15. The highest BCUT2D eigenvalue weighted by Crippen LogP contribution is 2.28. The van der Waals surface area contributed by atoms with Crippen LogP contribution in [0.3, 0.4) is 0 Å². The van der Waals surface area contributed by atoms with Gasteiger partial charge < -0.3 is 25.8 Å². The molecule has 1 heterocycles. The molecule has 0 aromatic rings. The number of amides is 1. The van der Waals surface area contributed by atoms with E-state index < -0.39 is 25.0 Å². The van der Waals surface area contributed by atoms with E-state index in [9.17, 15) is 9.59 Å². The summed E-state index contributed by atoms with van der Waals surface area (Å²) in [4.78, 5) is 24.4. The first kappa shape index (κ1) is 15.9. The van der Waals surface area contributed by atoms with Gasteiger partial charge in [-0.3, -0.25) is 9.59 Å². The summed E-state index contributed by atoms with van der Waals surface area (Å²) in [5.41, 5.74) is 5.52. The Morgan fingerprint density at radius 2 is 2.05 bits per heavy atom. The molecule has 7 nitrogen and oxygen atoms in total. The lowest BCUT2D eigenvalue weighted by Crippen LogP contribution is -2.41. The molecule has 8 heteroatoms. The number of carboxylic acids is 1. The van der Waals surface area contributed by atoms with Crippen LogP contribution in [0.25, 0.3) is 0 Å². The SMILES string of the molecule is CC(N)C(=O)N1CC(CCCB(O)O)C(C(=O)O)C1. The van der Waals surface area contributed by atoms with Gasteiger partial charge in [-0.1, -0.05) is 6.42 Å². The Morgan fingerprint density at radius 3 is 2.53 bits per heavy atom. The molecule has 0 saturated carbocycles. The van der Waals surface area contributed by atoms with Crippen LogP contribution >= 0.6 is 0 Å². The van der Waals surface area contributed by atoms with Gasteiger partial charge in [-0.05, 0) is 25.6 Å². The van der Waals surface area contributed by atoms with E-state index in [0.29, 0.717) is 19.4 Å². The van der Waals surface area contributed by atoms with Crippen molar-refractivity contribution in [1.82, 2.24) is 4.90 Å². The molecule has 1 saturated heterocycles. The molecule has 19 heavy (non-hydrogen) atoms. The monoisotopic (exact) mass is 272 g/mol. The van der Waals surface area contributed by atoms with Crippen LogP contribution in [-0.4, -0.2) is 58.2 Å². The van der Waals surface area contributed by atoms with E-state index in [1.165, 1.54) is 4.90 Å². The lowest BCUT2D eigenvalue weighted by atomic mass is 9.80. The number of aliphatic carboxylic acids is 1. The Hall–Kier alpha value is -1.12. The number of hydrogen-bond acceptors (Lipinski definition) is 5. The van der Waals surface area contributed by atoms with Crippen LogP contribution in [0.2, 0.25) is 6.32 Å². The van der Waals surface area contributed by atoms with E-state index in [4.69, 9.17) is 20.9 Å². The van der Waals surface area contributed by atoms with Crippen molar-refractivity contribution in [2.24, 2.45) is 17.6 Å². The maximum Gasteiger partial charge on any atom is 0.451 e. The minimum atomic E-state index is -1.37. The molecule has 1 aliphatic heterocycles. The normalized spacial score (nSPS) is 24.3. The first-order valence-corrected chi connectivity index (χ1v) is 6.46. The third-order valence-electron chi connectivity index (χ3n) is 3.50. The van der Waals surface area contributed by atoms with Crippen molar-refractivity contribution < 1.29 is 24.7 Å². The van der Waals surface area contributed by atoms with Crippen molar-refractivity contribution in [2.75, 3.05) is 13.1 Å². The van der Waals surface area contributed by atoms with Gasteiger partial charge in [0.15, 0.2) is 0 Å². The third kappa shape index (κ3) is 4.48. The number of nitrogens with zero attached hydrogens (tertiary/aromatic N) is 1. The lowest BCUT2D eigenvalue weighted by Gasteiger charge is -2.18. The second kappa shape index (κ2) is 6.88. The van der Waals surface area contributed by atoms with E-state index >= 15 is 0 Å². The van der Waals surface area contributed by atoms with E-state index in [0.717, 1.165) is 0 Å². The summed E-state index contributed by atoms with van der Waals surface area (Å²) in [6.07, 6.45) is 1.29. The molecular formula is C11H21BN2O5. The van der Waals surface area contributed by atoms with Gasteiger partial charge in [0.05, 0.1) is 12.0 Å². The van der Waals surface area contributed by atoms with Crippen molar-refractivity contribution in [3.05, 3.63) is 0 Å². The summed E-state index contributed by atoms with van der Waals surface area (Å²) in [6.45, 7) is 2.13. The van der Waals surface area contributed by atoms with Crippen LogP contribution in [0, 0.1) is 11.8 Å². The van der Waals surface area contributed by atoms with E-state index in [2.05, 4.69) is 0 Å². The van der Waals surface area contributed by atoms with Crippen LogP contribution in [0.1, 0.15) is 19.8 Å². The zero-order chi connectivity index (χ0) is 14.6. The van der Waals surface area contributed by atoms with Gasteiger partial charge in [-0.15, -0.1) is 0 Å². The van der Waals surface area contributed by atoms with Crippen LogP contribution < -0.4 is 5.73 Å². The number of likely N-dealkylation sites (tertiary alicyclic amines) is 1. The smallest absolute Gasteiger partial charge is 0.451 e. The summed E-state index contributed by atoms with van der Waals surface area (Å²) in [5.74, 6) is -1.91. The van der Waals surface area contributed by atoms with Gasteiger partial charge in [0.25, 0.3) is 0 Å². The molecule has 108 valence electrons. The Balaban J connectivity index is 2.58. The van der Waals surface area contributed by atoms with E-state index in [1.807, 2.05) is 0 Å². The maximum atomic E-state index is 11.8. The Labute approximate surface area is 112 Å². The molecular weight excluding hydrogens is 251 g/mol. The van der Waals surface area contributed by atoms with Crippen molar-refractivity contribution in [2.45, 2.75) is 32.1 Å². The van der Waals surface area contributed by atoms with Gasteiger partial charge in [-0.25, -0.2) is 0 Å². The first-order valence-electron chi connectivity index (χ1n) is 6.46. The van der Waals surface area contributed by atoms with Crippen LogP contribution in [0.4, 0.5) is 0 Å². The predicted molar refractivity (Wildman–Crippen MR) is 69.1 cm³/mol. The topological polar surface area (TPSA) is 124 Å². The van der Waals surface area contributed by atoms with Crippen molar-refractivity contribution >= 4 is 19.0 Å². The number of carboxylic acid groups (broad SMARTS) is 1. The molecule has 0 aliphatic carbocycles. The highest BCUT2D eigenvalue weighted by atomic mass is 16.4. The standard InChI is InChI=1S/C11H21BN2O5/c1-7(13)10(15)14-5-8(3-2-4-12(18)19)9(6-14)11(16)17/h7-9,18-19H,2-6,13H2,1H3,(H,16,17). The summed E-state index contributed by atoms with van der Waals surface area (Å²) < 4.78 is 0. The fourth-order valence-corrected chi connectivity index (χ4v) is 2.47. The van der Waals surface area contributed by atoms with Gasteiger partial charge in [0, 0.05) is 13.1 Å². The first-order chi connectivity index (χ1) is 8.82. The molecule has 1 aliphatic rings. The lowest BCUT2D eigenvalue weighted by molar-refractivity contribution is -0.142. The molecule has 1 amide bonds. The minimum Gasteiger partial charge on any atom is -0.481 e. The quantitative estimate of drug-likeness (QED) is 0.448. The third-order valence-corrected chi connectivity index (χ3v) is 3.50. The summed E-state index contributed by atoms with van der Waals surface area (Å²) in [6, 6.07) is -0.632. The zero-order valence-corrected chi connectivity index (χ0v) is 11.0. The largest absolute Gasteiger partial charge is 0.481 e. The molecule has 3 unspecified atom stereocenters. The highest BCUT2D eigenvalue weighted by molar-refractivity contribution is 6.40. The zero-order valence-electron chi connectivity index (χ0n) is 11.0. The molecule has 0 bridgehead atoms. The molecule has 3 atom stereocenters. The Morgan fingerprint density at radius 1 is 1.42 bits per heavy atom. The number of hydrogen-bond donors (Lipinski definition) is 4. The van der Waals surface area contributed by atoms with Gasteiger partial charge >= 0.3 is 13.1 Å². The molecule has 1 rings (SSSR count). The highest BCUT2D eigenvalue weighted by Gasteiger charge is 2.39. The van der Waals surface area contributed by atoms with Crippen LogP contribution in [0.15, 0.2) is 0 Å². The molecule has 0 spiro atoms. The second-order valence-corrected chi connectivity index (χ2v) is 5.15. The Bertz CT molecular complexity index is 337. The fourth-order valence-electron chi connectivity index (χ4n) is 2.47. The molecule has 1 fully saturated rings. The summed E-state index contributed by atoms with van der Waals surface area (Å²) in [5, 5.41) is 26.7. The average Bonchev–Trinajstić information content (AvgIpc) is 2.71. The molecule has 0 aromatic carbocycles. The van der Waals surface area contributed by atoms with Gasteiger partial charge in [0.1, 0.15) is 0 Å². The van der Waals surface area contributed by atoms with E-state index in [-0.39, 0.29) is 24.7 Å². The number of rotatable bonds is 6. The van der Waals surface area contributed by atoms with Crippen LogP contribution in [0.5, 0.6) is 0 Å². The Kier molecular flexibility index (Phi) is 5.77. The van der Waals surface area contributed by atoms with Crippen molar-refractivity contribution in [1.29, 1.82) is 0 Å². The van der Waals surface area contributed by atoms with Crippen molar-refractivity contribution in [3.8, 4) is 0 Å². The van der Waals surface area contributed by atoms with Crippen LogP contribution in [-0.2, 0) is 9.59 Å². The average molecular weight is 272 g/mol. The van der Waals surface area contributed by atoms with Gasteiger partial charge in [-0.2, -0.15) is 0 Å². The summed E-state index contributed by atoms with van der Waals surface area (Å²) >= 11 is 0. The van der Waals surface area contributed by atoms with Crippen molar-refractivity contribution in [3.63, 3.8) is 0 Å². The predicted octanol–water partition coefficient (Wildman–Crippen LogP) is -1.25.